The number of nitrogens with zero attached hydrogens (tertiary/aromatic N) is 5. The van der Waals surface area contributed by atoms with Crippen LogP contribution in [0.2, 0.25) is 0 Å². The Balaban J connectivity index is 1.29. The zero-order valence-electron chi connectivity index (χ0n) is 22.1. The van der Waals surface area contributed by atoms with Crippen molar-refractivity contribution in [1.82, 2.24) is 24.9 Å². The Bertz CT molecular complexity index is 1440. The van der Waals surface area contributed by atoms with Crippen molar-refractivity contribution in [3.8, 4) is 0 Å². The Morgan fingerprint density at radius 1 is 0.897 bits per heavy atom. The second-order valence-corrected chi connectivity index (χ2v) is 10.3. The molecule has 0 saturated carbocycles. The summed E-state index contributed by atoms with van der Waals surface area (Å²) in [6.07, 6.45) is 5.05. The van der Waals surface area contributed by atoms with Gasteiger partial charge in [-0.3, -0.25) is 4.79 Å². The highest BCUT2D eigenvalue weighted by molar-refractivity contribution is 6.18. The second kappa shape index (κ2) is 11.0. The van der Waals surface area contributed by atoms with Crippen molar-refractivity contribution in [2.24, 2.45) is 0 Å². The summed E-state index contributed by atoms with van der Waals surface area (Å²) in [6.45, 7) is 5.94. The lowest BCUT2D eigenvalue weighted by atomic mass is 10.0. The molecule has 0 amide bonds. The molecule has 0 aliphatic carbocycles. The third-order valence-electron chi connectivity index (χ3n) is 7.49. The molecule has 2 aromatic heterocycles. The molecule has 10 heteroatoms. The average molecular weight is 529 g/mol. The number of aromatic amines is 1. The number of rotatable bonds is 7. The zero-order valence-corrected chi connectivity index (χ0v) is 22.1. The van der Waals surface area contributed by atoms with E-state index >= 15 is 0 Å². The van der Waals surface area contributed by atoms with Crippen LogP contribution in [0.1, 0.15) is 35.2 Å². The number of piperidine rings is 1. The summed E-state index contributed by atoms with van der Waals surface area (Å²) < 4.78 is 13.5. The number of nitrogens with one attached hydrogen (secondary N) is 3. The lowest BCUT2D eigenvalue weighted by Gasteiger charge is -2.34. The number of benzene rings is 2. The quantitative estimate of drug-likeness (QED) is 0.299. The minimum Gasteiger partial charge on any atom is -0.369 e. The first kappa shape index (κ1) is 25.3. The second-order valence-electron chi connectivity index (χ2n) is 10.3. The van der Waals surface area contributed by atoms with Gasteiger partial charge in [-0.1, -0.05) is 6.42 Å². The van der Waals surface area contributed by atoms with E-state index in [-0.39, 0.29) is 11.6 Å². The van der Waals surface area contributed by atoms with E-state index in [4.69, 9.17) is 9.97 Å². The van der Waals surface area contributed by atoms with Crippen LogP contribution in [0.4, 0.5) is 27.5 Å². The maximum absolute atomic E-state index is 13.5. The van der Waals surface area contributed by atoms with Crippen LogP contribution >= 0.6 is 0 Å². The highest BCUT2D eigenvalue weighted by Gasteiger charge is 2.22. The van der Waals surface area contributed by atoms with E-state index < -0.39 is 0 Å². The molecule has 4 heterocycles. The Morgan fingerprint density at radius 2 is 1.62 bits per heavy atom. The van der Waals surface area contributed by atoms with Crippen LogP contribution in [-0.2, 0) is 0 Å². The van der Waals surface area contributed by atoms with Crippen LogP contribution in [0, 0.1) is 5.82 Å². The van der Waals surface area contributed by atoms with Gasteiger partial charge in [0.1, 0.15) is 11.5 Å². The molecule has 0 bridgehead atoms. The summed E-state index contributed by atoms with van der Waals surface area (Å²) in [4.78, 5) is 30.8. The number of hydrogen-bond donors (Lipinski definition) is 3. The number of ketones is 1. The number of piperazine rings is 1. The number of hydrogen-bond acceptors (Lipinski definition) is 8. The van der Waals surface area contributed by atoms with Gasteiger partial charge in [0, 0.05) is 62.4 Å². The van der Waals surface area contributed by atoms with Crippen molar-refractivity contribution in [1.29, 1.82) is 0 Å². The number of aromatic nitrogens is 3. The number of anilines is 4. The van der Waals surface area contributed by atoms with E-state index in [0.29, 0.717) is 33.9 Å². The summed E-state index contributed by atoms with van der Waals surface area (Å²) in [7, 11) is 2.15. The number of carbonyl (C=O) groups excluding carboxylic acids is 1. The summed E-state index contributed by atoms with van der Waals surface area (Å²) in [5.74, 6) is 0.391. The standard InChI is InChI=1S/C29H33FN8O/c1-36-15-17-37(18-16-36)23-11-9-22(10-12-23)32-29-33-27-25(28(34-29)35-38-13-3-2-4-14-38)24(19-31-27)26(39)20-5-7-21(30)8-6-20/h5-12,19H,2-4,13-18H2,1H3,(H3,31,32,33,34,35). The van der Waals surface area contributed by atoms with E-state index in [2.05, 4.69) is 49.7 Å². The first-order valence-electron chi connectivity index (χ1n) is 13.5. The van der Waals surface area contributed by atoms with Gasteiger partial charge in [0.15, 0.2) is 11.6 Å². The normalized spacial score (nSPS) is 16.9. The van der Waals surface area contributed by atoms with Gasteiger partial charge in [-0.2, -0.15) is 9.97 Å². The number of halogens is 1. The molecule has 6 rings (SSSR count). The first-order valence-corrected chi connectivity index (χ1v) is 13.5. The van der Waals surface area contributed by atoms with Crippen molar-refractivity contribution in [2.75, 3.05) is 62.0 Å². The molecule has 2 fully saturated rings. The SMILES string of the molecule is CN1CCN(c2ccc(Nc3nc(NN4CCCCC4)c4c(C(=O)c5ccc(F)cc5)c[nH]c4n3)cc2)CC1. The number of carbonyl (C=O) groups is 1. The van der Waals surface area contributed by atoms with Crippen molar-refractivity contribution in [3.63, 3.8) is 0 Å². The minimum atomic E-state index is -0.381. The largest absolute Gasteiger partial charge is 0.369 e. The van der Waals surface area contributed by atoms with Gasteiger partial charge in [0.05, 0.1) is 10.9 Å². The number of likely N-dealkylation sites (N-methyl/N-ethyl adjacent to an activating group) is 1. The molecule has 0 spiro atoms. The van der Waals surface area contributed by atoms with E-state index in [1.54, 1.807) is 6.20 Å². The molecule has 2 saturated heterocycles. The molecular weight excluding hydrogens is 495 g/mol. The van der Waals surface area contributed by atoms with E-state index in [9.17, 15) is 9.18 Å². The molecule has 0 unspecified atom stereocenters. The van der Waals surface area contributed by atoms with Gasteiger partial charge in [0.25, 0.3) is 0 Å². The minimum absolute atomic E-state index is 0.216. The molecule has 39 heavy (non-hydrogen) atoms. The maximum atomic E-state index is 13.5. The van der Waals surface area contributed by atoms with E-state index in [1.165, 1.54) is 36.4 Å². The van der Waals surface area contributed by atoms with Crippen LogP contribution in [0.3, 0.4) is 0 Å². The van der Waals surface area contributed by atoms with Gasteiger partial charge < -0.3 is 25.5 Å². The van der Waals surface area contributed by atoms with Crippen molar-refractivity contribution in [3.05, 3.63) is 71.7 Å². The summed E-state index contributed by atoms with van der Waals surface area (Å²) >= 11 is 0. The molecule has 3 N–H and O–H groups in total. The number of hydrazine groups is 1. The molecule has 9 nitrogen and oxygen atoms in total. The Labute approximate surface area is 227 Å². The molecule has 2 aliphatic heterocycles. The average Bonchev–Trinajstić information content (AvgIpc) is 3.39. The molecule has 4 aromatic rings. The van der Waals surface area contributed by atoms with Crippen LogP contribution in [0.15, 0.2) is 54.7 Å². The van der Waals surface area contributed by atoms with Crippen molar-refractivity contribution >= 4 is 40.0 Å². The Morgan fingerprint density at radius 3 is 2.33 bits per heavy atom. The third kappa shape index (κ3) is 5.57. The zero-order chi connectivity index (χ0) is 26.8. The third-order valence-corrected chi connectivity index (χ3v) is 7.49. The summed E-state index contributed by atoms with van der Waals surface area (Å²) in [5, 5.41) is 6.09. The van der Waals surface area contributed by atoms with E-state index in [1.807, 2.05) is 12.1 Å². The van der Waals surface area contributed by atoms with Crippen molar-refractivity contribution in [2.45, 2.75) is 19.3 Å². The fraction of sp³-hybridized carbons (Fsp3) is 0.345. The van der Waals surface area contributed by atoms with Gasteiger partial charge in [0.2, 0.25) is 5.95 Å². The predicted molar refractivity (Wildman–Crippen MR) is 152 cm³/mol. The molecular formula is C29H33FN8O. The molecule has 0 atom stereocenters. The molecule has 0 radical (unpaired) electrons. The van der Waals surface area contributed by atoms with Crippen LogP contribution in [-0.4, -0.2) is 77.0 Å². The van der Waals surface area contributed by atoms with Gasteiger partial charge in [-0.25, -0.2) is 9.40 Å². The number of H-pyrrole nitrogens is 1. The smallest absolute Gasteiger partial charge is 0.231 e. The Kier molecular flexibility index (Phi) is 7.12. The fourth-order valence-electron chi connectivity index (χ4n) is 5.21. The highest BCUT2D eigenvalue weighted by atomic mass is 19.1. The fourth-order valence-corrected chi connectivity index (χ4v) is 5.21. The molecule has 2 aliphatic rings. The predicted octanol–water partition coefficient (Wildman–Crippen LogP) is 4.64. The Hall–Kier alpha value is -4.02. The van der Waals surface area contributed by atoms with E-state index in [0.717, 1.165) is 57.8 Å². The molecule has 2 aromatic carbocycles. The maximum Gasteiger partial charge on any atom is 0.231 e. The van der Waals surface area contributed by atoms with Gasteiger partial charge in [-0.05, 0) is 68.4 Å². The van der Waals surface area contributed by atoms with Crippen molar-refractivity contribution < 1.29 is 9.18 Å². The molecule has 202 valence electrons. The van der Waals surface area contributed by atoms with Crippen LogP contribution < -0.4 is 15.6 Å². The van der Waals surface area contributed by atoms with Gasteiger partial charge >= 0.3 is 0 Å². The van der Waals surface area contributed by atoms with Crippen LogP contribution in [0.5, 0.6) is 0 Å². The number of fused-ring (bicyclic) bond motifs is 1. The highest BCUT2D eigenvalue weighted by Crippen LogP contribution is 2.30. The van der Waals surface area contributed by atoms with Gasteiger partial charge in [-0.15, -0.1) is 0 Å². The first-order chi connectivity index (χ1) is 19.0. The van der Waals surface area contributed by atoms with Crippen LogP contribution in [0.25, 0.3) is 11.0 Å². The lowest BCUT2D eigenvalue weighted by molar-refractivity contribution is 0.104. The lowest BCUT2D eigenvalue weighted by Crippen LogP contribution is -2.44. The monoisotopic (exact) mass is 528 g/mol. The topological polar surface area (TPSA) is 92.4 Å². The summed E-state index contributed by atoms with van der Waals surface area (Å²) in [5.41, 5.74) is 6.92. The summed E-state index contributed by atoms with van der Waals surface area (Å²) in [6, 6.07) is 13.9.